The number of aliphatic hydroxyl groups is 1. The predicted octanol–water partition coefficient (Wildman–Crippen LogP) is -3.13. The number of carboxylic acid groups (broad SMARTS) is 1. The van der Waals surface area contributed by atoms with Gasteiger partial charge >= 0.3 is 5.97 Å². The molecule has 14 heteroatoms. The van der Waals surface area contributed by atoms with E-state index in [9.17, 15) is 29.4 Å². The van der Waals surface area contributed by atoms with Gasteiger partial charge in [-0.1, -0.05) is 12.1 Å². The van der Waals surface area contributed by atoms with E-state index < -0.39 is 54.5 Å². The SMILES string of the molecule is CC(O)C(N)C(=O)NC(Cc1ccc(O)cc1)C(=O)NC(CCCN=C(N)N)C(=O)NCC(=O)O. The van der Waals surface area contributed by atoms with Crippen molar-refractivity contribution in [3.63, 3.8) is 0 Å². The molecule has 0 aliphatic heterocycles. The van der Waals surface area contributed by atoms with Crippen molar-refractivity contribution in [1.29, 1.82) is 0 Å². The molecule has 0 spiro atoms. The highest BCUT2D eigenvalue weighted by molar-refractivity contribution is 5.94. The van der Waals surface area contributed by atoms with Gasteiger partial charge < -0.3 is 48.5 Å². The average molecular weight is 496 g/mol. The van der Waals surface area contributed by atoms with E-state index >= 15 is 0 Å². The Labute approximate surface area is 201 Å². The molecule has 0 heterocycles. The largest absolute Gasteiger partial charge is 0.508 e. The first kappa shape index (κ1) is 29.1. The Bertz CT molecular complexity index is 902. The third-order valence-corrected chi connectivity index (χ3v) is 4.82. The van der Waals surface area contributed by atoms with Crippen molar-refractivity contribution >= 4 is 29.7 Å². The number of aliphatic hydroxyl groups excluding tert-OH is 1. The van der Waals surface area contributed by atoms with Crippen LogP contribution in [0.4, 0.5) is 0 Å². The Kier molecular flexibility index (Phi) is 12.0. The number of guanidine groups is 1. The van der Waals surface area contributed by atoms with Gasteiger partial charge in [-0.3, -0.25) is 24.2 Å². The molecule has 0 aliphatic carbocycles. The molecule has 1 aromatic carbocycles. The summed E-state index contributed by atoms with van der Waals surface area (Å²) in [7, 11) is 0. The molecule has 14 nitrogen and oxygen atoms in total. The normalized spacial score (nSPS) is 14.0. The van der Waals surface area contributed by atoms with Gasteiger partial charge in [0.25, 0.3) is 0 Å². The van der Waals surface area contributed by atoms with Gasteiger partial charge in [-0.25, -0.2) is 0 Å². The highest BCUT2D eigenvalue weighted by Gasteiger charge is 2.29. The molecule has 12 N–H and O–H groups in total. The molecule has 0 saturated heterocycles. The van der Waals surface area contributed by atoms with Crippen LogP contribution in [0, 0.1) is 0 Å². The third kappa shape index (κ3) is 11.2. The molecule has 1 rings (SSSR count). The van der Waals surface area contributed by atoms with Gasteiger partial charge in [0.1, 0.15) is 30.4 Å². The van der Waals surface area contributed by atoms with Gasteiger partial charge in [-0.2, -0.15) is 0 Å². The molecule has 0 radical (unpaired) electrons. The number of carboxylic acids is 1. The van der Waals surface area contributed by atoms with Crippen LogP contribution in [0.25, 0.3) is 0 Å². The van der Waals surface area contributed by atoms with Crippen molar-refractivity contribution in [2.45, 2.75) is 50.4 Å². The van der Waals surface area contributed by atoms with E-state index in [-0.39, 0.29) is 37.5 Å². The maximum Gasteiger partial charge on any atom is 0.322 e. The minimum Gasteiger partial charge on any atom is -0.508 e. The number of aliphatic imine (C=N–C) groups is 1. The summed E-state index contributed by atoms with van der Waals surface area (Å²) in [4.78, 5) is 52.6. The van der Waals surface area contributed by atoms with Crippen molar-refractivity contribution in [3.05, 3.63) is 29.8 Å². The standard InChI is InChI=1S/C21H33N7O7/c1-11(29)17(22)20(35)28-15(9-12-4-6-13(30)7-5-12)19(34)27-14(3-2-8-25-21(23)24)18(33)26-10-16(31)32/h4-7,11,14-15,17,29-30H,2-3,8-10,22H2,1H3,(H,26,33)(H,27,34)(H,28,35)(H,31,32)(H4,23,24,25). The topological polar surface area (TPSA) is 255 Å². The van der Waals surface area contributed by atoms with Crippen molar-refractivity contribution in [2.75, 3.05) is 13.1 Å². The zero-order valence-electron chi connectivity index (χ0n) is 19.3. The zero-order valence-corrected chi connectivity index (χ0v) is 19.3. The van der Waals surface area contributed by atoms with E-state index in [2.05, 4.69) is 20.9 Å². The molecule has 0 aliphatic rings. The fourth-order valence-electron chi connectivity index (χ4n) is 2.89. The van der Waals surface area contributed by atoms with Crippen LogP contribution in [0.15, 0.2) is 29.3 Å². The van der Waals surface area contributed by atoms with Crippen LogP contribution in [0.1, 0.15) is 25.3 Å². The number of aliphatic carboxylic acids is 1. The van der Waals surface area contributed by atoms with Crippen molar-refractivity contribution in [2.24, 2.45) is 22.2 Å². The first-order valence-electron chi connectivity index (χ1n) is 10.8. The van der Waals surface area contributed by atoms with E-state index in [1.165, 1.54) is 19.1 Å². The maximum atomic E-state index is 13.1. The first-order chi connectivity index (χ1) is 16.4. The molecule has 0 fully saturated rings. The summed E-state index contributed by atoms with van der Waals surface area (Å²) in [5.74, 6) is -3.70. The van der Waals surface area contributed by atoms with Crippen LogP contribution in [0.5, 0.6) is 5.75 Å². The third-order valence-electron chi connectivity index (χ3n) is 4.82. The van der Waals surface area contributed by atoms with Gasteiger partial charge in [0.15, 0.2) is 5.96 Å². The summed E-state index contributed by atoms with van der Waals surface area (Å²) in [6.45, 7) is 0.826. The molecule has 0 aromatic heterocycles. The van der Waals surface area contributed by atoms with E-state index in [1.807, 2.05) is 0 Å². The van der Waals surface area contributed by atoms with Crippen LogP contribution in [0.2, 0.25) is 0 Å². The second kappa shape index (κ2) is 14.4. The molecular formula is C21H33N7O7. The number of carbonyl (C=O) groups is 4. The molecule has 0 saturated carbocycles. The number of nitrogens with one attached hydrogen (secondary N) is 3. The van der Waals surface area contributed by atoms with Gasteiger partial charge in [0.2, 0.25) is 17.7 Å². The fraction of sp³-hybridized carbons (Fsp3) is 0.476. The molecular weight excluding hydrogens is 462 g/mol. The van der Waals surface area contributed by atoms with E-state index in [4.69, 9.17) is 22.3 Å². The van der Waals surface area contributed by atoms with Gasteiger partial charge in [0, 0.05) is 13.0 Å². The van der Waals surface area contributed by atoms with Crippen molar-refractivity contribution < 1.29 is 34.5 Å². The van der Waals surface area contributed by atoms with E-state index in [1.54, 1.807) is 12.1 Å². The molecule has 0 bridgehead atoms. The predicted molar refractivity (Wildman–Crippen MR) is 126 cm³/mol. The molecule has 1 aromatic rings. The van der Waals surface area contributed by atoms with Gasteiger partial charge in [-0.15, -0.1) is 0 Å². The van der Waals surface area contributed by atoms with Crippen molar-refractivity contribution in [3.8, 4) is 5.75 Å². The molecule has 194 valence electrons. The first-order valence-corrected chi connectivity index (χ1v) is 10.8. The minimum atomic E-state index is -1.31. The smallest absolute Gasteiger partial charge is 0.322 e. The summed E-state index contributed by atoms with van der Waals surface area (Å²) < 4.78 is 0. The average Bonchev–Trinajstić information content (AvgIpc) is 2.79. The van der Waals surface area contributed by atoms with Crippen LogP contribution < -0.4 is 33.2 Å². The lowest BCUT2D eigenvalue weighted by molar-refractivity contribution is -0.138. The fourth-order valence-corrected chi connectivity index (χ4v) is 2.89. The lowest BCUT2D eigenvalue weighted by Crippen LogP contribution is -2.58. The summed E-state index contributed by atoms with van der Waals surface area (Å²) in [5.41, 5.74) is 16.8. The molecule has 35 heavy (non-hydrogen) atoms. The number of amides is 3. The highest BCUT2D eigenvalue weighted by atomic mass is 16.4. The Morgan fingerprint density at radius 3 is 2.14 bits per heavy atom. The Morgan fingerprint density at radius 2 is 1.60 bits per heavy atom. The van der Waals surface area contributed by atoms with Crippen LogP contribution >= 0.6 is 0 Å². The van der Waals surface area contributed by atoms with Gasteiger partial charge in [0.05, 0.1) is 6.10 Å². The Morgan fingerprint density at radius 1 is 1.00 bits per heavy atom. The summed E-state index contributed by atoms with van der Waals surface area (Å²) in [6.07, 6.45) is -0.855. The molecule has 4 atom stereocenters. The Hall–Kier alpha value is -3.91. The number of hydrogen-bond acceptors (Lipinski definition) is 8. The number of phenolic OH excluding ortho intramolecular Hbond substituents is 1. The maximum absolute atomic E-state index is 13.1. The van der Waals surface area contributed by atoms with E-state index in [0.717, 1.165) is 0 Å². The second-order valence-corrected chi connectivity index (χ2v) is 7.82. The molecule has 3 amide bonds. The van der Waals surface area contributed by atoms with Crippen LogP contribution in [0.3, 0.4) is 0 Å². The number of rotatable bonds is 14. The minimum absolute atomic E-state index is 0.00542. The number of nitrogens with zero attached hydrogens (tertiary/aromatic N) is 1. The highest BCUT2D eigenvalue weighted by Crippen LogP contribution is 2.12. The Balaban J connectivity index is 3.06. The molecule has 4 unspecified atom stereocenters. The van der Waals surface area contributed by atoms with E-state index in [0.29, 0.717) is 5.56 Å². The number of aromatic hydroxyl groups is 1. The van der Waals surface area contributed by atoms with Gasteiger partial charge in [-0.05, 0) is 37.5 Å². The number of phenols is 1. The zero-order chi connectivity index (χ0) is 26.5. The lowest BCUT2D eigenvalue weighted by Gasteiger charge is -2.24. The lowest BCUT2D eigenvalue weighted by atomic mass is 10.0. The quantitative estimate of drug-likeness (QED) is 0.0712. The van der Waals surface area contributed by atoms with Crippen LogP contribution in [-0.2, 0) is 25.6 Å². The summed E-state index contributed by atoms with van der Waals surface area (Å²) in [5, 5.41) is 35.1. The number of hydrogen-bond donors (Lipinski definition) is 9. The summed E-state index contributed by atoms with van der Waals surface area (Å²) in [6, 6.07) is 2.23. The number of carbonyl (C=O) groups excluding carboxylic acids is 3. The van der Waals surface area contributed by atoms with Crippen molar-refractivity contribution in [1.82, 2.24) is 16.0 Å². The second-order valence-electron chi connectivity index (χ2n) is 7.82. The van der Waals surface area contributed by atoms with Crippen LogP contribution in [-0.4, -0.2) is 82.3 Å². The number of nitrogens with two attached hydrogens (primary N) is 3. The number of benzene rings is 1. The monoisotopic (exact) mass is 495 g/mol. The summed E-state index contributed by atoms with van der Waals surface area (Å²) >= 11 is 0.